The van der Waals surface area contributed by atoms with Crippen LogP contribution in [-0.2, 0) is 0 Å². The molecule has 24 heavy (non-hydrogen) atoms. The van der Waals surface area contributed by atoms with E-state index in [0.29, 0.717) is 16.9 Å². The first kappa shape index (κ1) is 15.3. The summed E-state index contributed by atoms with van der Waals surface area (Å²) in [5.74, 6) is 0. The van der Waals surface area contributed by atoms with Crippen LogP contribution in [0.4, 0.5) is 16.2 Å². The predicted octanol–water partition coefficient (Wildman–Crippen LogP) is 4.87. The summed E-state index contributed by atoms with van der Waals surface area (Å²) in [6, 6.07) is 26.0. The first-order chi connectivity index (χ1) is 11.8. The lowest BCUT2D eigenvalue weighted by molar-refractivity contribution is 0.262. The van der Waals surface area contributed by atoms with Crippen LogP contribution in [0.25, 0.3) is 11.1 Å². The van der Waals surface area contributed by atoms with Crippen LogP contribution in [0.2, 0.25) is 0 Å². The van der Waals surface area contributed by atoms with Crippen molar-refractivity contribution >= 4 is 17.4 Å². The highest BCUT2D eigenvalue weighted by Crippen LogP contribution is 2.27. The Hall–Kier alpha value is -3.58. The van der Waals surface area contributed by atoms with Crippen LogP contribution in [-0.4, -0.2) is 6.03 Å². The van der Waals surface area contributed by atoms with E-state index in [1.165, 1.54) is 0 Å². The van der Waals surface area contributed by atoms with Gasteiger partial charge in [-0.1, -0.05) is 60.7 Å². The summed E-state index contributed by atoms with van der Waals surface area (Å²) in [4.78, 5) is 12.3. The number of benzene rings is 3. The fraction of sp³-hybridized carbons (Fsp3) is 0. The molecule has 116 valence electrons. The van der Waals surface area contributed by atoms with Crippen molar-refractivity contribution in [2.75, 3.05) is 10.6 Å². The molecule has 3 aromatic rings. The third-order valence-corrected chi connectivity index (χ3v) is 3.56. The van der Waals surface area contributed by atoms with Gasteiger partial charge < -0.3 is 10.6 Å². The van der Waals surface area contributed by atoms with Gasteiger partial charge in [-0.15, -0.1) is 0 Å². The summed E-state index contributed by atoms with van der Waals surface area (Å²) in [6.45, 7) is 0. The molecule has 0 aliphatic carbocycles. The molecular weight excluding hydrogens is 298 g/mol. The average Bonchev–Trinajstić information content (AvgIpc) is 2.63. The lowest BCUT2D eigenvalue weighted by atomic mass is 10.0. The first-order valence-electron chi connectivity index (χ1n) is 7.49. The van der Waals surface area contributed by atoms with E-state index < -0.39 is 0 Å². The zero-order valence-electron chi connectivity index (χ0n) is 12.9. The first-order valence-corrected chi connectivity index (χ1v) is 7.49. The molecule has 0 bridgehead atoms. The number of carbonyl (C=O) groups is 1. The number of hydrogen-bond donors (Lipinski definition) is 2. The summed E-state index contributed by atoms with van der Waals surface area (Å²) in [7, 11) is 0. The average molecular weight is 313 g/mol. The minimum Gasteiger partial charge on any atom is -0.307 e. The maximum absolute atomic E-state index is 12.3. The largest absolute Gasteiger partial charge is 0.323 e. The number of carbonyl (C=O) groups excluding carboxylic acids is 1. The Bertz CT molecular complexity index is 898. The van der Waals surface area contributed by atoms with Crippen molar-refractivity contribution in [3.8, 4) is 17.2 Å². The van der Waals surface area contributed by atoms with Gasteiger partial charge in [0.25, 0.3) is 0 Å². The SMILES string of the molecule is N#Cc1ccccc1NC(=O)Nc1ccccc1-c1ccccc1. The molecule has 0 aliphatic heterocycles. The number of rotatable bonds is 3. The van der Waals surface area contributed by atoms with Crippen LogP contribution in [0.1, 0.15) is 5.56 Å². The molecule has 0 spiro atoms. The van der Waals surface area contributed by atoms with E-state index >= 15 is 0 Å². The number of nitrogens with one attached hydrogen (secondary N) is 2. The van der Waals surface area contributed by atoms with Crippen LogP contribution in [0.15, 0.2) is 78.9 Å². The third kappa shape index (κ3) is 3.42. The molecule has 0 heterocycles. The number of amides is 2. The quantitative estimate of drug-likeness (QED) is 0.724. The molecule has 2 amide bonds. The maximum Gasteiger partial charge on any atom is 0.323 e. The van der Waals surface area contributed by atoms with Gasteiger partial charge in [-0.2, -0.15) is 5.26 Å². The lowest BCUT2D eigenvalue weighted by Gasteiger charge is -2.12. The Morgan fingerprint density at radius 3 is 2.08 bits per heavy atom. The molecule has 0 saturated heterocycles. The lowest BCUT2D eigenvalue weighted by Crippen LogP contribution is -2.20. The van der Waals surface area contributed by atoms with Crippen molar-refractivity contribution in [3.05, 3.63) is 84.4 Å². The van der Waals surface area contributed by atoms with Gasteiger partial charge >= 0.3 is 6.03 Å². The van der Waals surface area contributed by atoms with Crippen LogP contribution in [0, 0.1) is 11.3 Å². The Balaban J connectivity index is 1.82. The van der Waals surface area contributed by atoms with Crippen molar-refractivity contribution in [1.82, 2.24) is 0 Å². The topological polar surface area (TPSA) is 64.9 Å². The highest BCUT2D eigenvalue weighted by atomic mass is 16.2. The van der Waals surface area contributed by atoms with Crippen molar-refractivity contribution < 1.29 is 4.79 Å². The normalized spacial score (nSPS) is 9.79. The smallest absolute Gasteiger partial charge is 0.307 e. The minimum absolute atomic E-state index is 0.388. The maximum atomic E-state index is 12.3. The van der Waals surface area contributed by atoms with Crippen LogP contribution in [0.3, 0.4) is 0 Å². The second-order valence-corrected chi connectivity index (χ2v) is 5.15. The molecular formula is C20H15N3O. The Morgan fingerprint density at radius 1 is 0.750 bits per heavy atom. The summed E-state index contributed by atoms with van der Waals surface area (Å²) in [6.07, 6.45) is 0. The van der Waals surface area contributed by atoms with Gasteiger partial charge in [-0.3, -0.25) is 0 Å². The zero-order valence-corrected chi connectivity index (χ0v) is 12.9. The molecule has 2 N–H and O–H groups in total. The summed E-state index contributed by atoms with van der Waals surface area (Å²) < 4.78 is 0. The fourth-order valence-corrected chi connectivity index (χ4v) is 2.43. The van der Waals surface area contributed by atoms with Gasteiger partial charge in [0.15, 0.2) is 0 Å². The van der Waals surface area contributed by atoms with Gasteiger partial charge in [-0.25, -0.2) is 4.79 Å². The summed E-state index contributed by atoms with van der Waals surface area (Å²) in [5, 5.41) is 14.7. The molecule has 0 aromatic heterocycles. The van der Waals surface area contributed by atoms with E-state index in [-0.39, 0.29) is 6.03 Å². The Morgan fingerprint density at radius 2 is 1.33 bits per heavy atom. The van der Waals surface area contributed by atoms with Crippen molar-refractivity contribution in [3.63, 3.8) is 0 Å². The second kappa shape index (κ2) is 7.12. The Kier molecular flexibility index (Phi) is 4.55. The highest BCUT2D eigenvalue weighted by molar-refractivity contribution is 6.02. The molecule has 0 unspecified atom stereocenters. The number of nitrogens with zero attached hydrogens (tertiary/aromatic N) is 1. The summed E-state index contributed by atoms with van der Waals surface area (Å²) in [5.41, 5.74) is 3.56. The van der Waals surface area contributed by atoms with E-state index in [2.05, 4.69) is 16.7 Å². The number of urea groups is 1. The van der Waals surface area contributed by atoms with Crippen LogP contribution >= 0.6 is 0 Å². The molecule has 0 atom stereocenters. The zero-order chi connectivity index (χ0) is 16.8. The van der Waals surface area contributed by atoms with Gasteiger partial charge in [0.1, 0.15) is 6.07 Å². The molecule has 0 radical (unpaired) electrons. The second-order valence-electron chi connectivity index (χ2n) is 5.15. The van der Waals surface area contributed by atoms with Gasteiger partial charge in [0.2, 0.25) is 0 Å². The third-order valence-electron chi connectivity index (χ3n) is 3.56. The van der Waals surface area contributed by atoms with E-state index in [1.807, 2.05) is 54.6 Å². The van der Waals surface area contributed by atoms with Gasteiger partial charge in [0, 0.05) is 5.56 Å². The van der Waals surface area contributed by atoms with Gasteiger partial charge in [-0.05, 0) is 23.8 Å². The highest BCUT2D eigenvalue weighted by Gasteiger charge is 2.09. The van der Waals surface area contributed by atoms with E-state index in [4.69, 9.17) is 5.26 Å². The van der Waals surface area contributed by atoms with Crippen LogP contribution < -0.4 is 10.6 Å². The standard InChI is InChI=1S/C20H15N3O/c21-14-16-10-4-6-12-18(16)22-20(24)23-19-13-7-5-11-17(19)15-8-2-1-3-9-15/h1-13H,(H2,22,23,24). The fourth-order valence-electron chi connectivity index (χ4n) is 2.43. The molecule has 4 heteroatoms. The van der Waals surface area contributed by atoms with Crippen LogP contribution in [0.5, 0.6) is 0 Å². The Labute approximate surface area is 140 Å². The summed E-state index contributed by atoms with van der Waals surface area (Å²) >= 11 is 0. The van der Waals surface area contributed by atoms with Crippen molar-refractivity contribution in [1.29, 1.82) is 5.26 Å². The number of nitriles is 1. The number of anilines is 2. The molecule has 0 fully saturated rings. The number of hydrogen-bond acceptors (Lipinski definition) is 2. The molecule has 4 nitrogen and oxygen atoms in total. The monoisotopic (exact) mass is 313 g/mol. The van der Waals surface area contributed by atoms with E-state index in [1.54, 1.807) is 24.3 Å². The van der Waals surface area contributed by atoms with E-state index in [9.17, 15) is 4.79 Å². The van der Waals surface area contributed by atoms with Gasteiger partial charge in [0.05, 0.1) is 16.9 Å². The minimum atomic E-state index is -0.388. The molecule has 0 aliphatic rings. The molecule has 3 aromatic carbocycles. The predicted molar refractivity (Wildman–Crippen MR) is 95.7 cm³/mol. The molecule has 3 rings (SSSR count). The van der Waals surface area contributed by atoms with E-state index in [0.717, 1.165) is 11.1 Å². The number of para-hydroxylation sites is 2. The van der Waals surface area contributed by atoms with Crippen molar-refractivity contribution in [2.24, 2.45) is 0 Å². The molecule has 0 saturated carbocycles. The van der Waals surface area contributed by atoms with Crippen molar-refractivity contribution in [2.45, 2.75) is 0 Å².